The van der Waals surface area contributed by atoms with Crippen molar-refractivity contribution in [2.45, 2.75) is 347 Å². The van der Waals surface area contributed by atoms with Crippen LogP contribution in [-0.4, -0.2) is 49.3 Å². The summed E-state index contributed by atoms with van der Waals surface area (Å²) < 4.78 is 33.0. The number of esters is 2. The van der Waals surface area contributed by atoms with Gasteiger partial charge in [0, 0.05) is 19.4 Å². The number of allylic oxidation sites excluding steroid dienone is 4. The zero-order valence-corrected chi connectivity index (χ0v) is 50.0. The van der Waals surface area contributed by atoms with E-state index in [0.29, 0.717) is 6.42 Å². The lowest BCUT2D eigenvalue weighted by Crippen LogP contribution is -2.29. The maximum atomic E-state index is 12.7. The molecular weight excluding hydrogens is 942 g/mol. The standard InChI is InChI=1S/C64H124NO8P/c1-3-5-7-9-11-13-15-17-19-21-22-23-24-25-26-27-28-29-30-31-32-33-34-35-36-37-38-39-40-41-43-45-47-49-51-53-55-57-64(67)73-62(61-72-74(68,69)71-59-58-65)60-70-63(66)56-54-52-50-48-46-44-42-20-18-16-14-12-10-8-6-4-2/h20-22,42,62H,3-19,23-41,43-61,65H2,1-2H3,(H,68,69)/b22-21-,42-20-. The zero-order chi connectivity index (χ0) is 53.8. The number of hydrogen-bond acceptors (Lipinski definition) is 8. The molecule has 0 aliphatic carbocycles. The van der Waals surface area contributed by atoms with Crippen LogP contribution in [0, 0.1) is 0 Å². The highest BCUT2D eigenvalue weighted by Gasteiger charge is 2.26. The number of hydrogen-bond donors (Lipinski definition) is 2. The van der Waals surface area contributed by atoms with Crippen molar-refractivity contribution in [1.29, 1.82) is 0 Å². The maximum Gasteiger partial charge on any atom is 0.472 e. The summed E-state index contributed by atoms with van der Waals surface area (Å²) >= 11 is 0. The minimum Gasteiger partial charge on any atom is -0.462 e. The molecule has 3 N–H and O–H groups in total. The molecule has 0 amide bonds. The van der Waals surface area contributed by atoms with Crippen LogP contribution in [0.2, 0.25) is 0 Å². The fourth-order valence-electron chi connectivity index (χ4n) is 9.75. The number of phosphoric ester groups is 1. The largest absolute Gasteiger partial charge is 0.472 e. The van der Waals surface area contributed by atoms with Gasteiger partial charge in [-0.05, 0) is 64.2 Å². The molecule has 0 radical (unpaired) electrons. The van der Waals surface area contributed by atoms with E-state index >= 15 is 0 Å². The van der Waals surface area contributed by atoms with Crippen LogP contribution in [0.5, 0.6) is 0 Å². The van der Waals surface area contributed by atoms with Crippen LogP contribution in [0.4, 0.5) is 0 Å². The lowest BCUT2D eigenvalue weighted by Gasteiger charge is -2.19. The zero-order valence-electron chi connectivity index (χ0n) is 49.1. The Morgan fingerprint density at radius 1 is 0.392 bits per heavy atom. The van der Waals surface area contributed by atoms with E-state index in [1.165, 1.54) is 257 Å². The average molecular weight is 1070 g/mol. The second kappa shape index (κ2) is 60.7. The molecule has 2 atom stereocenters. The van der Waals surface area contributed by atoms with Crippen molar-refractivity contribution in [1.82, 2.24) is 0 Å². The van der Waals surface area contributed by atoms with Crippen molar-refractivity contribution in [2.24, 2.45) is 5.73 Å². The Hall–Kier alpha value is -1.51. The van der Waals surface area contributed by atoms with Crippen LogP contribution in [0.15, 0.2) is 24.3 Å². The Kier molecular flexibility index (Phi) is 59.5. The summed E-state index contributed by atoms with van der Waals surface area (Å²) in [6.07, 6.45) is 72.8. The van der Waals surface area contributed by atoms with Crippen molar-refractivity contribution in [3.8, 4) is 0 Å². The number of rotatable bonds is 62. The Morgan fingerprint density at radius 3 is 0.959 bits per heavy atom. The summed E-state index contributed by atoms with van der Waals surface area (Å²) in [7, 11) is -4.39. The number of carbonyl (C=O) groups excluding carboxylic acids is 2. The molecule has 0 saturated heterocycles. The third-order valence-electron chi connectivity index (χ3n) is 14.6. The van der Waals surface area contributed by atoms with E-state index in [4.69, 9.17) is 24.3 Å². The van der Waals surface area contributed by atoms with Crippen molar-refractivity contribution >= 4 is 19.8 Å². The summed E-state index contributed by atoms with van der Waals surface area (Å²) in [5.41, 5.74) is 5.38. The molecule has 0 aliphatic rings. The van der Waals surface area contributed by atoms with E-state index in [-0.39, 0.29) is 38.6 Å². The van der Waals surface area contributed by atoms with E-state index in [9.17, 15) is 19.0 Å². The summed E-state index contributed by atoms with van der Waals surface area (Å²) in [4.78, 5) is 35.2. The molecule has 0 aromatic heterocycles. The van der Waals surface area contributed by atoms with Gasteiger partial charge in [-0.3, -0.25) is 18.6 Å². The number of carbonyl (C=O) groups is 2. The molecule has 0 aliphatic heterocycles. The van der Waals surface area contributed by atoms with Crippen LogP contribution < -0.4 is 5.73 Å². The molecule has 0 aromatic rings. The molecule has 0 aromatic carbocycles. The van der Waals surface area contributed by atoms with Crippen LogP contribution >= 0.6 is 7.82 Å². The molecule has 74 heavy (non-hydrogen) atoms. The number of unbranched alkanes of at least 4 members (excludes halogenated alkanes) is 45. The first-order valence-corrected chi connectivity index (χ1v) is 33.8. The Balaban J connectivity index is 3.77. The summed E-state index contributed by atoms with van der Waals surface area (Å²) in [6.45, 7) is 3.79. The van der Waals surface area contributed by atoms with Crippen molar-refractivity contribution in [3.05, 3.63) is 24.3 Å². The van der Waals surface area contributed by atoms with Crippen LogP contribution in [0.25, 0.3) is 0 Å². The number of phosphoric acid groups is 1. The van der Waals surface area contributed by atoms with Crippen LogP contribution in [0.1, 0.15) is 341 Å². The van der Waals surface area contributed by atoms with Crippen LogP contribution in [-0.2, 0) is 32.7 Å². The van der Waals surface area contributed by atoms with Gasteiger partial charge >= 0.3 is 19.8 Å². The lowest BCUT2D eigenvalue weighted by molar-refractivity contribution is -0.161. The minimum atomic E-state index is -4.39. The molecular formula is C64H124NO8P. The normalized spacial score (nSPS) is 13.1. The van der Waals surface area contributed by atoms with Gasteiger partial charge in [-0.15, -0.1) is 0 Å². The van der Waals surface area contributed by atoms with Gasteiger partial charge in [0.2, 0.25) is 0 Å². The lowest BCUT2D eigenvalue weighted by atomic mass is 10.0. The predicted molar refractivity (Wildman–Crippen MR) is 317 cm³/mol. The van der Waals surface area contributed by atoms with Gasteiger partial charge in [0.1, 0.15) is 6.61 Å². The van der Waals surface area contributed by atoms with Gasteiger partial charge in [-0.2, -0.15) is 0 Å². The highest BCUT2D eigenvalue weighted by Crippen LogP contribution is 2.43. The Morgan fingerprint density at radius 2 is 0.662 bits per heavy atom. The highest BCUT2D eigenvalue weighted by molar-refractivity contribution is 7.47. The van der Waals surface area contributed by atoms with Crippen molar-refractivity contribution < 1.29 is 37.6 Å². The second-order valence-corrected chi connectivity index (χ2v) is 23.4. The maximum absolute atomic E-state index is 12.7. The molecule has 0 spiro atoms. The average Bonchev–Trinajstić information content (AvgIpc) is 3.39. The van der Waals surface area contributed by atoms with Gasteiger partial charge in [-0.1, -0.05) is 289 Å². The fourth-order valence-corrected chi connectivity index (χ4v) is 10.5. The molecule has 0 bridgehead atoms. The quantitative estimate of drug-likeness (QED) is 0.0264. The van der Waals surface area contributed by atoms with E-state index in [0.717, 1.165) is 51.4 Å². The van der Waals surface area contributed by atoms with Gasteiger partial charge in [-0.25, -0.2) is 4.57 Å². The predicted octanol–water partition coefficient (Wildman–Crippen LogP) is 20.6. The van der Waals surface area contributed by atoms with Crippen molar-refractivity contribution in [2.75, 3.05) is 26.4 Å². The molecule has 0 saturated carbocycles. The van der Waals surface area contributed by atoms with Gasteiger partial charge in [0.05, 0.1) is 13.2 Å². The minimum absolute atomic E-state index is 0.0550. The monoisotopic (exact) mass is 1070 g/mol. The van der Waals surface area contributed by atoms with Gasteiger partial charge < -0.3 is 20.1 Å². The van der Waals surface area contributed by atoms with Crippen LogP contribution in [0.3, 0.4) is 0 Å². The summed E-state index contributed by atoms with van der Waals surface area (Å²) in [5, 5.41) is 0. The first-order valence-electron chi connectivity index (χ1n) is 32.3. The van der Waals surface area contributed by atoms with Crippen molar-refractivity contribution in [3.63, 3.8) is 0 Å². The first-order chi connectivity index (χ1) is 36.3. The first kappa shape index (κ1) is 72.5. The Labute approximate surface area is 459 Å². The van der Waals surface area contributed by atoms with Gasteiger partial charge in [0.15, 0.2) is 6.10 Å². The smallest absolute Gasteiger partial charge is 0.462 e. The summed E-state index contributed by atoms with van der Waals surface area (Å²) in [5.74, 6) is -0.820. The molecule has 0 fully saturated rings. The second-order valence-electron chi connectivity index (χ2n) is 22.0. The van der Waals surface area contributed by atoms with E-state index < -0.39 is 26.5 Å². The molecule has 438 valence electrons. The Bertz CT molecular complexity index is 1260. The number of nitrogens with two attached hydrogens (primary N) is 1. The molecule has 2 unspecified atom stereocenters. The summed E-state index contributed by atoms with van der Waals surface area (Å²) in [6, 6.07) is 0. The van der Waals surface area contributed by atoms with E-state index in [1.54, 1.807) is 0 Å². The molecule has 0 heterocycles. The molecule has 9 nitrogen and oxygen atoms in total. The SMILES string of the molecule is CCCCCCCCC/C=C\CCCCCCCC(=O)OCC(COP(=O)(O)OCCN)OC(=O)CCCCCCCCCCCCCCCCCCCCCCCCCCC/C=C\CCCCCCCCCC. The fraction of sp³-hybridized carbons (Fsp3) is 0.906. The topological polar surface area (TPSA) is 134 Å². The number of ether oxygens (including phenoxy) is 2. The van der Waals surface area contributed by atoms with E-state index in [1.807, 2.05) is 0 Å². The highest BCUT2D eigenvalue weighted by atomic mass is 31.2. The molecule has 10 heteroatoms. The molecule has 0 rings (SSSR count). The van der Waals surface area contributed by atoms with Gasteiger partial charge in [0.25, 0.3) is 0 Å². The van der Waals surface area contributed by atoms with E-state index in [2.05, 4.69) is 38.2 Å². The third-order valence-corrected chi connectivity index (χ3v) is 15.5. The third kappa shape index (κ3) is 59.7.